The Balaban J connectivity index is 1.98. The number of benzene rings is 2. The molecular formula is C19H20N4O4. The zero-order valence-electron chi connectivity index (χ0n) is 15.7. The standard InChI is InChI=1S/C19H20N4O4/c1-10-5-16(22(24)25)18-14(12(10)3)7-20-9-21(18)8-15-13(4)11(2)6-17(19(15)20)23(26)27/h5-6H,7-9H2,1-4H3. The van der Waals surface area contributed by atoms with Gasteiger partial charge in [0.1, 0.15) is 11.4 Å². The molecule has 0 N–H and O–H groups in total. The van der Waals surface area contributed by atoms with Gasteiger partial charge < -0.3 is 9.80 Å². The molecule has 0 saturated carbocycles. The zero-order chi connectivity index (χ0) is 19.6. The number of hydrogen-bond donors (Lipinski definition) is 0. The molecule has 0 aliphatic carbocycles. The average Bonchev–Trinajstić information content (AvgIpc) is 2.61. The summed E-state index contributed by atoms with van der Waals surface area (Å²) in [5.41, 5.74) is 6.99. The lowest BCUT2D eigenvalue weighted by Crippen LogP contribution is -2.47. The molecule has 8 heteroatoms. The second-order valence-corrected chi connectivity index (χ2v) is 7.38. The van der Waals surface area contributed by atoms with E-state index in [1.807, 2.05) is 37.5 Å². The molecule has 2 aliphatic rings. The maximum absolute atomic E-state index is 11.7. The van der Waals surface area contributed by atoms with Crippen LogP contribution in [0.1, 0.15) is 33.4 Å². The van der Waals surface area contributed by atoms with Crippen LogP contribution in [0, 0.1) is 47.9 Å². The van der Waals surface area contributed by atoms with Crippen LogP contribution in [-0.4, -0.2) is 16.5 Å². The first-order valence-corrected chi connectivity index (χ1v) is 8.75. The average molecular weight is 368 g/mol. The predicted molar refractivity (Wildman–Crippen MR) is 102 cm³/mol. The first kappa shape index (κ1) is 17.3. The summed E-state index contributed by atoms with van der Waals surface area (Å²) in [7, 11) is 0. The fraction of sp³-hybridized carbons (Fsp3) is 0.368. The third-order valence-electron chi connectivity index (χ3n) is 5.92. The predicted octanol–water partition coefficient (Wildman–Crippen LogP) is 4.03. The SMILES string of the molecule is Cc1cc([N+](=O)[O-])c2c(c1C)CN1CN2Cc2c(C)c(C)cc([N+](=O)[O-])c21. The van der Waals surface area contributed by atoms with E-state index in [9.17, 15) is 20.2 Å². The van der Waals surface area contributed by atoms with E-state index in [1.165, 1.54) is 0 Å². The van der Waals surface area contributed by atoms with Crippen molar-refractivity contribution in [3.8, 4) is 0 Å². The van der Waals surface area contributed by atoms with E-state index in [2.05, 4.69) is 0 Å². The first-order valence-electron chi connectivity index (χ1n) is 8.75. The molecule has 0 aromatic heterocycles. The van der Waals surface area contributed by atoms with Crippen LogP contribution in [0.5, 0.6) is 0 Å². The Morgan fingerprint density at radius 2 is 1.15 bits per heavy atom. The van der Waals surface area contributed by atoms with Gasteiger partial charge in [0.15, 0.2) is 0 Å². The van der Waals surface area contributed by atoms with Gasteiger partial charge in [0.05, 0.1) is 16.5 Å². The quantitative estimate of drug-likeness (QED) is 0.587. The van der Waals surface area contributed by atoms with Crippen molar-refractivity contribution in [3.05, 3.63) is 65.7 Å². The van der Waals surface area contributed by atoms with Gasteiger partial charge in [0.25, 0.3) is 11.4 Å². The Morgan fingerprint density at radius 3 is 1.48 bits per heavy atom. The third-order valence-corrected chi connectivity index (χ3v) is 5.92. The lowest BCUT2D eigenvalue weighted by Gasteiger charge is -2.45. The van der Waals surface area contributed by atoms with Crippen LogP contribution < -0.4 is 9.80 Å². The molecule has 2 aromatic rings. The van der Waals surface area contributed by atoms with Crippen molar-refractivity contribution in [2.45, 2.75) is 40.8 Å². The maximum atomic E-state index is 11.7. The fourth-order valence-corrected chi connectivity index (χ4v) is 4.26. The molecule has 0 saturated heterocycles. The molecule has 4 rings (SSSR count). The van der Waals surface area contributed by atoms with Crippen LogP contribution in [0.3, 0.4) is 0 Å². The van der Waals surface area contributed by atoms with E-state index in [0.717, 1.165) is 33.4 Å². The van der Waals surface area contributed by atoms with Crippen molar-refractivity contribution >= 4 is 22.7 Å². The summed E-state index contributed by atoms with van der Waals surface area (Å²) in [6, 6.07) is 3.26. The minimum atomic E-state index is -0.331. The number of fused-ring (bicyclic) bond motifs is 6. The topological polar surface area (TPSA) is 92.8 Å². The highest BCUT2D eigenvalue weighted by molar-refractivity contribution is 5.81. The first-order chi connectivity index (χ1) is 12.7. The summed E-state index contributed by atoms with van der Waals surface area (Å²) in [4.78, 5) is 26.7. The number of nitro groups is 2. The van der Waals surface area contributed by atoms with Gasteiger partial charge >= 0.3 is 0 Å². The molecule has 0 atom stereocenters. The van der Waals surface area contributed by atoms with Crippen LogP contribution in [-0.2, 0) is 13.1 Å². The molecule has 2 heterocycles. The van der Waals surface area contributed by atoms with Gasteiger partial charge in [-0.1, -0.05) is 0 Å². The van der Waals surface area contributed by atoms with Gasteiger partial charge in [0.2, 0.25) is 0 Å². The number of nitrogens with zero attached hydrogens (tertiary/aromatic N) is 4. The monoisotopic (exact) mass is 368 g/mol. The molecular weight excluding hydrogens is 348 g/mol. The second-order valence-electron chi connectivity index (χ2n) is 7.38. The lowest BCUT2D eigenvalue weighted by atomic mass is 9.91. The molecule has 140 valence electrons. The van der Waals surface area contributed by atoms with Gasteiger partial charge in [-0.05, 0) is 49.9 Å². The van der Waals surface area contributed by atoms with Crippen LogP contribution in [0.15, 0.2) is 12.1 Å². The van der Waals surface area contributed by atoms with Crippen molar-refractivity contribution in [2.24, 2.45) is 0 Å². The summed E-state index contributed by atoms with van der Waals surface area (Å²) < 4.78 is 0. The van der Waals surface area contributed by atoms with E-state index < -0.39 is 0 Å². The second kappa shape index (κ2) is 5.67. The van der Waals surface area contributed by atoms with Crippen LogP contribution in [0.4, 0.5) is 22.7 Å². The van der Waals surface area contributed by atoms with Crippen molar-refractivity contribution in [2.75, 3.05) is 16.5 Å². The fourth-order valence-electron chi connectivity index (χ4n) is 4.26. The molecule has 0 unspecified atom stereocenters. The maximum Gasteiger partial charge on any atom is 0.293 e. The summed E-state index contributed by atoms with van der Waals surface area (Å²) in [6.07, 6.45) is 0. The summed E-state index contributed by atoms with van der Waals surface area (Å²) >= 11 is 0. The van der Waals surface area contributed by atoms with Crippen molar-refractivity contribution < 1.29 is 9.85 Å². The van der Waals surface area contributed by atoms with E-state index in [4.69, 9.17) is 0 Å². The highest BCUT2D eigenvalue weighted by atomic mass is 16.6. The number of anilines is 2. The highest BCUT2D eigenvalue weighted by Gasteiger charge is 2.39. The Bertz CT molecular complexity index is 950. The number of hydrogen-bond acceptors (Lipinski definition) is 6. The largest absolute Gasteiger partial charge is 0.344 e. The van der Waals surface area contributed by atoms with Crippen molar-refractivity contribution in [1.29, 1.82) is 0 Å². The third kappa shape index (κ3) is 2.36. The molecule has 2 bridgehead atoms. The van der Waals surface area contributed by atoms with Gasteiger partial charge in [-0.2, -0.15) is 0 Å². The molecule has 0 fully saturated rings. The summed E-state index contributed by atoms with van der Waals surface area (Å²) in [5.74, 6) is 0. The van der Waals surface area contributed by atoms with Crippen LogP contribution in [0.25, 0.3) is 0 Å². The number of nitro benzene ring substituents is 2. The van der Waals surface area contributed by atoms with Crippen molar-refractivity contribution in [1.82, 2.24) is 0 Å². The Hall–Kier alpha value is -3.16. The highest BCUT2D eigenvalue weighted by Crippen LogP contribution is 2.48. The zero-order valence-corrected chi connectivity index (χ0v) is 15.7. The molecule has 2 aromatic carbocycles. The van der Waals surface area contributed by atoms with Crippen LogP contribution >= 0.6 is 0 Å². The molecule has 0 radical (unpaired) electrons. The minimum Gasteiger partial charge on any atom is -0.344 e. The lowest BCUT2D eigenvalue weighted by molar-refractivity contribution is -0.384. The Labute approximate surface area is 156 Å². The molecule has 2 aliphatic heterocycles. The summed E-state index contributed by atoms with van der Waals surface area (Å²) in [5, 5.41) is 23.4. The van der Waals surface area contributed by atoms with E-state index >= 15 is 0 Å². The van der Waals surface area contributed by atoms with E-state index in [-0.39, 0.29) is 21.2 Å². The molecule has 27 heavy (non-hydrogen) atoms. The molecule has 8 nitrogen and oxygen atoms in total. The van der Waals surface area contributed by atoms with Crippen molar-refractivity contribution in [3.63, 3.8) is 0 Å². The van der Waals surface area contributed by atoms with Gasteiger partial charge in [-0.25, -0.2) is 0 Å². The van der Waals surface area contributed by atoms with E-state index in [0.29, 0.717) is 31.1 Å². The van der Waals surface area contributed by atoms with E-state index in [1.54, 1.807) is 12.1 Å². The normalized spacial score (nSPS) is 14.7. The van der Waals surface area contributed by atoms with Gasteiger partial charge in [0, 0.05) is 36.3 Å². The minimum absolute atomic E-state index is 0.107. The number of rotatable bonds is 2. The molecule has 0 spiro atoms. The molecule has 0 amide bonds. The Kier molecular flexibility index (Phi) is 3.62. The van der Waals surface area contributed by atoms with Gasteiger partial charge in [-0.3, -0.25) is 20.2 Å². The smallest absolute Gasteiger partial charge is 0.293 e. The number of aryl methyl sites for hydroxylation is 2. The van der Waals surface area contributed by atoms with Crippen LogP contribution in [0.2, 0.25) is 0 Å². The Morgan fingerprint density at radius 1 is 0.778 bits per heavy atom. The summed E-state index contributed by atoms with van der Waals surface area (Å²) in [6.45, 7) is 8.90. The van der Waals surface area contributed by atoms with Gasteiger partial charge in [-0.15, -0.1) is 0 Å².